The summed E-state index contributed by atoms with van der Waals surface area (Å²) < 4.78 is 33.3. The van der Waals surface area contributed by atoms with E-state index >= 15 is 0 Å². The van der Waals surface area contributed by atoms with Crippen LogP contribution in [0.5, 0.6) is 0 Å². The molecule has 0 bridgehead atoms. The lowest BCUT2D eigenvalue weighted by Gasteiger charge is -2.09. The smallest absolute Gasteiger partial charge is 0.337 e. The quantitative estimate of drug-likeness (QED) is 0.450. The number of nitrogens with one attached hydrogen (secondary N) is 1. The largest absolute Gasteiger partial charge is 0.465 e. The normalized spacial score (nSPS) is 18.1. The molecule has 8 nitrogen and oxygen atoms in total. The summed E-state index contributed by atoms with van der Waals surface area (Å²) in [7, 11) is -1.83. The Morgan fingerprint density at radius 1 is 1.24 bits per heavy atom. The molecule has 1 saturated heterocycles. The molecule has 1 aromatic carbocycles. The molecule has 1 atom stereocenters. The Bertz CT molecular complexity index is 1110. The minimum Gasteiger partial charge on any atom is -0.465 e. The lowest BCUT2D eigenvalue weighted by atomic mass is 10.1. The Balaban J connectivity index is 1.73. The lowest BCUT2D eigenvalue weighted by Crippen LogP contribution is -2.36. The molecule has 0 spiro atoms. The van der Waals surface area contributed by atoms with E-state index in [2.05, 4.69) is 10.1 Å². The van der Waals surface area contributed by atoms with Crippen LogP contribution >= 0.6 is 0 Å². The van der Waals surface area contributed by atoms with Crippen LogP contribution in [0, 0.1) is 11.3 Å². The molecule has 1 unspecified atom stereocenters. The summed E-state index contributed by atoms with van der Waals surface area (Å²) in [5.41, 5.74) is 0.924. The predicted octanol–water partition coefficient (Wildman–Crippen LogP) is 1.94. The van der Waals surface area contributed by atoms with Gasteiger partial charge in [-0.3, -0.25) is 4.79 Å². The summed E-state index contributed by atoms with van der Waals surface area (Å²) in [6, 6.07) is 11.2. The molecule has 2 heterocycles. The van der Waals surface area contributed by atoms with Crippen molar-refractivity contribution >= 4 is 27.8 Å². The van der Waals surface area contributed by atoms with Crippen LogP contribution in [0.3, 0.4) is 0 Å². The van der Waals surface area contributed by atoms with Gasteiger partial charge in [-0.1, -0.05) is 12.1 Å². The highest BCUT2D eigenvalue weighted by Crippen LogP contribution is 2.24. The number of hydrogen-bond donors (Lipinski definition) is 1. The van der Waals surface area contributed by atoms with E-state index in [0.29, 0.717) is 29.1 Å². The second kappa shape index (κ2) is 8.32. The van der Waals surface area contributed by atoms with Crippen molar-refractivity contribution in [2.45, 2.75) is 12.5 Å². The fraction of sp³-hybridized carbons (Fsp3) is 0.250. The number of rotatable bonds is 5. The molecule has 1 N–H and O–H groups in total. The van der Waals surface area contributed by atoms with Crippen molar-refractivity contribution in [2.75, 3.05) is 18.6 Å². The van der Waals surface area contributed by atoms with Crippen molar-refractivity contribution < 1.29 is 27.2 Å². The maximum atomic E-state index is 12.3. The van der Waals surface area contributed by atoms with Gasteiger partial charge in [0.2, 0.25) is 0 Å². The van der Waals surface area contributed by atoms with E-state index < -0.39 is 27.8 Å². The Morgan fingerprint density at radius 2 is 1.97 bits per heavy atom. The number of sulfone groups is 1. The summed E-state index contributed by atoms with van der Waals surface area (Å²) in [6.45, 7) is 0. The molecule has 9 heteroatoms. The number of amides is 1. The number of carbonyl (C=O) groups is 2. The molecule has 0 aliphatic carbocycles. The molecule has 1 aliphatic rings. The summed E-state index contributed by atoms with van der Waals surface area (Å²) >= 11 is 0. The number of ether oxygens (including phenoxy) is 1. The maximum absolute atomic E-state index is 12.3. The van der Waals surface area contributed by atoms with Gasteiger partial charge in [0.05, 0.1) is 24.2 Å². The summed E-state index contributed by atoms with van der Waals surface area (Å²) in [6.07, 6.45) is 1.63. The zero-order valence-electron chi connectivity index (χ0n) is 15.5. The van der Waals surface area contributed by atoms with E-state index in [1.807, 2.05) is 6.07 Å². The van der Waals surface area contributed by atoms with E-state index in [9.17, 15) is 23.3 Å². The van der Waals surface area contributed by atoms with Gasteiger partial charge in [0, 0.05) is 17.7 Å². The van der Waals surface area contributed by atoms with Gasteiger partial charge in [-0.2, -0.15) is 5.26 Å². The molecular formula is C20H18N2O6S. The van der Waals surface area contributed by atoms with Crippen LogP contribution in [-0.2, 0) is 19.4 Å². The number of nitriles is 1. The van der Waals surface area contributed by atoms with E-state index in [0.717, 1.165) is 0 Å². The zero-order valence-corrected chi connectivity index (χ0v) is 16.4. The van der Waals surface area contributed by atoms with Gasteiger partial charge in [-0.05, 0) is 30.7 Å². The van der Waals surface area contributed by atoms with Crippen molar-refractivity contribution in [2.24, 2.45) is 0 Å². The van der Waals surface area contributed by atoms with Gasteiger partial charge in [-0.15, -0.1) is 0 Å². The Morgan fingerprint density at radius 3 is 2.55 bits per heavy atom. The molecule has 1 amide bonds. The Hall–Kier alpha value is -3.38. The minimum absolute atomic E-state index is 0.0276. The number of hydrogen-bond acceptors (Lipinski definition) is 7. The van der Waals surface area contributed by atoms with Crippen LogP contribution in [0.1, 0.15) is 22.5 Å². The van der Waals surface area contributed by atoms with Crippen molar-refractivity contribution in [3.8, 4) is 17.4 Å². The van der Waals surface area contributed by atoms with Gasteiger partial charge >= 0.3 is 5.97 Å². The van der Waals surface area contributed by atoms with Crippen molar-refractivity contribution in [1.82, 2.24) is 5.32 Å². The molecule has 1 aliphatic heterocycles. The molecule has 0 saturated carbocycles. The van der Waals surface area contributed by atoms with Crippen LogP contribution in [-0.4, -0.2) is 45.0 Å². The average molecular weight is 414 g/mol. The fourth-order valence-corrected chi connectivity index (χ4v) is 4.61. The molecule has 2 aromatic rings. The molecule has 1 fully saturated rings. The first-order valence-corrected chi connectivity index (χ1v) is 10.5. The fourth-order valence-electron chi connectivity index (χ4n) is 2.94. The summed E-state index contributed by atoms with van der Waals surface area (Å²) in [5, 5.41) is 11.9. The van der Waals surface area contributed by atoms with Crippen LogP contribution in [0.25, 0.3) is 17.4 Å². The van der Waals surface area contributed by atoms with Crippen LogP contribution < -0.4 is 5.32 Å². The number of esters is 1. The van der Waals surface area contributed by atoms with Crippen LogP contribution in [0.4, 0.5) is 0 Å². The van der Waals surface area contributed by atoms with Crippen molar-refractivity contribution in [3.05, 3.63) is 53.3 Å². The van der Waals surface area contributed by atoms with E-state index in [1.54, 1.807) is 36.4 Å². The molecule has 3 rings (SSSR count). The molecule has 29 heavy (non-hydrogen) atoms. The van der Waals surface area contributed by atoms with E-state index in [4.69, 9.17) is 4.42 Å². The molecular weight excluding hydrogens is 396 g/mol. The summed E-state index contributed by atoms with van der Waals surface area (Å²) in [5.74, 6) is -0.395. The standard InChI is InChI=1S/C20H18N2O6S/c1-27-20(24)14-4-2-13(3-5-14)18-7-6-17(28-18)10-15(11-21)19(23)22-16-8-9-29(25,26)12-16/h2-7,10,16H,8-9,12H2,1H3,(H,22,23). The first kappa shape index (κ1) is 20.4. The Kier molecular flexibility index (Phi) is 5.84. The number of methoxy groups -OCH3 is 1. The first-order chi connectivity index (χ1) is 13.8. The average Bonchev–Trinajstić information content (AvgIpc) is 3.31. The van der Waals surface area contributed by atoms with E-state index in [-0.39, 0.29) is 17.1 Å². The second-order valence-corrected chi connectivity index (χ2v) is 8.74. The zero-order chi connectivity index (χ0) is 21.0. The van der Waals surface area contributed by atoms with Crippen molar-refractivity contribution in [1.29, 1.82) is 5.26 Å². The van der Waals surface area contributed by atoms with Crippen LogP contribution in [0.15, 0.2) is 46.4 Å². The van der Waals surface area contributed by atoms with Gasteiger partial charge in [0.25, 0.3) is 5.91 Å². The summed E-state index contributed by atoms with van der Waals surface area (Å²) in [4.78, 5) is 23.8. The molecule has 0 radical (unpaired) electrons. The molecule has 150 valence electrons. The monoisotopic (exact) mass is 414 g/mol. The number of carbonyl (C=O) groups excluding carboxylic acids is 2. The topological polar surface area (TPSA) is 126 Å². The third kappa shape index (κ3) is 4.92. The van der Waals surface area contributed by atoms with Gasteiger partial charge < -0.3 is 14.5 Å². The van der Waals surface area contributed by atoms with Crippen LogP contribution in [0.2, 0.25) is 0 Å². The van der Waals surface area contributed by atoms with Gasteiger partial charge in [-0.25, -0.2) is 13.2 Å². The minimum atomic E-state index is -3.13. The van der Waals surface area contributed by atoms with Crippen molar-refractivity contribution in [3.63, 3.8) is 0 Å². The number of nitrogens with zero attached hydrogens (tertiary/aromatic N) is 1. The van der Waals surface area contributed by atoms with Gasteiger partial charge in [0.1, 0.15) is 23.2 Å². The third-order valence-electron chi connectivity index (χ3n) is 4.44. The highest BCUT2D eigenvalue weighted by Gasteiger charge is 2.29. The number of furan rings is 1. The first-order valence-electron chi connectivity index (χ1n) is 8.73. The van der Waals surface area contributed by atoms with E-state index in [1.165, 1.54) is 13.2 Å². The highest BCUT2D eigenvalue weighted by atomic mass is 32.2. The maximum Gasteiger partial charge on any atom is 0.337 e. The SMILES string of the molecule is COC(=O)c1ccc(-c2ccc(C=C(C#N)C(=O)NC3CCS(=O)(=O)C3)o2)cc1. The third-order valence-corrected chi connectivity index (χ3v) is 6.20. The highest BCUT2D eigenvalue weighted by molar-refractivity contribution is 7.91. The predicted molar refractivity (Wildman–Crippen MR) is 104 cm³/mol. The van der Waals surface area contributed by atoms with Gasteiger partial charge in [0.15, 0.2) is 9.84 Å². The lowest BCUT2D eigenvalue weighted by molar-refractivity contribution is -0.117. The number of benzene rings is 1. The second-order valence-electron chi connectivity index (χ2n) is 6.51. The molecule has 1 aromatic heterocycles. The Labute approximate surface area is 167 Å².